The summed E-state index contributed by atoms with van der Waals surface area (Å²) in [5.74, 6) is -1.77. The highest BCUT2D eigenvalue weighted by atomic mass is 32.2. The molecule has 1 unspecified atom stereocenters. The zero-order valence-electron chi connectivity index (χ0n) is 30.2. The van der Waals surface area contributed by atoms with E-state index in [1.165, 1.54) is 135 Å². The molecule has 7 nitrogen and oxygen atoms in total. The highest BCUT2D eigenvalue weighted by Gasteiger charge is 2.28. The molecule has 1 amide bonds. The molecule has 3 N–H and O–H groups in total. The van der Waals surface area contributed by atoms with E-state index < -0.39 is 16.9 Å². The average molecular weight is 672 g/mol. The monoisotopic (exact) mass is 672 g/mol. The molecule has 0 fully saturated rings. The summed E-state index contributed by atoms with van der Waals surface area (Å²) >= 11 is 0.977. The second-order valence-electron chi connectivity index (χ2n) is 13.6. The van der Waals surface area contributed by atoms with Crippen LogP contribution in [0.15, 0.2) is 0 Å². The fourth-order valence-electron chi connectivity index (χ4n) is 5.62. The molecule has 2 atom stereocenters. The van der Waals surface area contributed by atoms with Gasteiger partial charge in [-0.2, -0.15) is 0 Å². The number of esters is 1. The van der Waals surface area contributed by atoms with E-state index in [2.05, 4.69) is 19.2 Å². The van der Waals surface area contributed by atoms with Crippen LogP contribution in [0, 0.1) is 0 Å². The zero-order chi connectivity index (χ0) is 34.1. The molecule has 0 spiro atoms. The quantitative estimate of drug-likeness (QED) is 0.0349. The number of aliphatic hydroxyl groups is 1. The van der Waals surface area contributed by atoms with Crippen molar-refractivity contribution in [3.05, 3.63) is 0 Å². The molecule has 0 saturated carbocycles. The molecule has 0 saturated heterocycles. The minimum absolute atomic E-state index is 0.0108. The van der Waals surface area contributed by atoms with Gasteiger partial charge in [-0.3, -0.25) is 9.59 Å². The molecule has 0 heterocycles. The van der Waals surface area contributed by atoms with E-state index in [4.69, 9.17) is 4.74 Å². The first-order chi connectivity index (χ1) is 22.2. The Kier molecular flexibility index (Phi) is 31.4. The van der Waals surface area contributed by atoms with Crippen LogP contribution in [0.1, 0.15) is 201 Å². The van der Waals surface area contributed by atoms with Gasteiger partial charge in [-0.25, -0.2) is 4.79 Å². The van der Waals surface area contributed by atoms with Gasteiger partial charge in [0.15, 0.2) is 0 Å². The van der Waals surface area contributed by atoms with Crippen molar-refractivity contribution in [2.45, 2.75) is 212 Å². The van der Waals surface area contributed by atoms with Gasteiger partial charge < -0.3 is 20.3 Å². The third-order valence-corrected chi connectivity index (χ3v) is 9.93. The second-order valence-corrected chi connectivity index (χ2v) is 15.1. The largest absolute Gasteiger partial charge is 0.480 e. The highest BCUT2D eigenvalue weighted by Crippen LogP contribution is 2.24. The number of hydrogen-bond donors (Lipinski definition) is 3. The Morgan fingerprint density at radius 1 is 0.609 bits per heavy atom. The van der Waals surface area contributed by atoms with Crippen molar-refractivity contribution in [3.8, 4) is 0 Å². The summed E-state index contributed by atoms with van der Waals surface area (Å²) in [6, 6.07) is -1.10. The van der Waals surface area contributed by atoms with Gasteiger partial charge in [-0.05, 0) is 19.8 Å². The predicted octanol–water partition coefficient (Wildman–Crippen LogP) is 10.5. The fourth-order valence-corrected chi connectivity index (χ4v) is 6.52. The molecule has 8 heteroatoms. The molecule has 0 aliphatic heterocycles. The number of carboxylic acid groups (broad SMARTS) is 1. The Hall–Kier alpha value is -1.28. The van der Waals surface area contributed by atoms with Gasteiger partial charge in [0.25, 0.3) is 0 Å². The van der Waals surface area contributed by atoms with Crippen LogP contribution in [0.3, 0.4) is 0 Å². The lowest BCUT2D eigenvalue weighted by Gasteiger charge is -2.24. The summed E-state index contributed by atoms with van der Waals surface area (Å²) in [7, 11) is 0. The van der Waals surface area contributed by atoms with Gasteiger partial charge in [-0.1, -0.05) is 168 Å². The maximum absolute atomic E-state index is 12.3. The second kappa shape index (κ2) is 32.3. The summed E-state index contributed by atoms with van der Waals surface area (Å²) < 4.78 is 5.27. The van der Waals surface area contributed by atoms with E-state index in [0.717, 1.165) is 50.3 Å². The van der Waals surface area contributed by atoms with Gasteiger partial charge >= 0.3 is 11.9 Å². The molecule has 272 valence electrons. The summed E-state index contributed by atoms with van der Waals surface area (Å²) in [5, 5.41) is 22.8. The highest BCUT2D eigenvalue weighted by molar-refractivity contribution is 8.00. The van der Waals surface area contributed by atoms with Crippen molar-refractivity contribution in [3.63, 3.8) is 0 Å². The summed E-state index contributed by atoms with van der Waals surface area (Å²) in [6.07, 6.45) is 32.7. The summed E-state index contributed by atoms with van der Waals surface area (Å²) in [5.41, 5.74) is 0. The molecule has 0 aromatic rings. The fraction of sp³-hybridized carbons (Fsp3) is 0.921. The smallest absolute Gasteiger partial charge is 0.327 e. The number of thioether (sulfide) groups is 1. The Morgan fingerprint density at radius 3 is 1.33 bits per heavy atom. The molecule has 0 rings (SSSR count). The lowest BCUT2D eigenvalue weighted by atomic mass is 10.0. The third-order valence-electron chi connectivity index (χ3n) is 8.69. The maximum atomic E-state index is 12.3. The van der Waals surface area contributed by atoms with E-state index in [1.54, 1.807) is 0 Å². The van der Waals surface area contributed by atoms with Crippen molar-refractivity contribution in [1.82, 2.24) is 5.32 Å². The Balaban J connectivity index is 3.87. The van der Waals surface area contributed by atoms with Gasteiger partial charge in [0.05, 0.1) is 0 Å². The van der Waals surface area contributed by atoms with Crippen molar-refractivity contribution in [2.75, 3.05) is 12.4 Å². The number of nitrogens with one attached hydrogen (secondary N) is 1. The minimum atomic E-state index is -1.43. The molecule has 0 aliphatic carbocycles. The number of unbranched alkanes of at least 4 members (excludes halogenated alkanes) is 24. The SMILES string of the molecule is CCCCCCCCCCCCCCCC(=O)N[C@@H](CSC(C)(O)COC(=O)CCCCCCCCCCCCCCC)C(=O)O. The van der Waals surface area contributed by atoms with Crippen molar-refractivity contribution < 1.29 is 29.3 Å². The van der Waals surface area contributed by atoms with Crippen molar-refractivity contribution >= 4 is 29.6 Å². The first-order valence-corrected chi connectivity index (χ1v) is 20.2. The minimum Gasteiger partial charge on any atom is -0.480 e. The molecule has 0 radical (unpaired) electrons. The van der Waals surface area contributed by atoms with Gasteiger partial charge in [0.2, 0.25) is 5.91 Å². The standard InChI is InChI=1S/C38H73NO6S/c1-4-6-8-10-12-14-16-18-20-22-24-26-28-30-35(40)39-34(37(42)43)32-46-38(3,44)33-45-36(41)31-29-27-25-23-21-19-17-15-13-11-9-7-5-2/h34,44H,4-33H2,1-3H3,(H,39,40)(H,42,43)/t34-,38?/m0/s1. The molecule has 0 aromatic carbocycles. The molecule has 0 bridgehead atoms. The van der Waals surface area contributed by atoms with E-state index in [1.807, 2.05) is 0 Å². The van der Waals surface area contributed by atoms with Crippen LogP contribution in [0.4, 0.5) is 0 Å². The van der Waals surface area contributed by atoms with Crippen LogP contribution in [0.25, 0.3) is 0 Å². The average Bonchev–Trinajstić information content (AvgIpc) is 3.02. The summed E-state index contributed by atoms with van der Waals surface area (Å²) in [6.45, 7) is 5.79. The molecule has 46 heavy (non-hydrogen) atoms. The first-order valence-electron chi connectivity index (χ1n) is 19.3. The molecule has 0 aliphatic rings. The number of hydrogen-bond acceptors (Lipinski definition) is 6. The first kappa shape index (κ1) is 44.7. The van der Waals surface area contributed by atoms with Crippen LogP contribution in [-0.4, -0.2) is 51.4 Å². The zero-order valence-corrected chi connectivity index (χ0v) is 31.0. The number of aliphatic carboxylic acids is 1. The number of carbonyl (C=O) groups is 3. The Morgan fingerprint density at radius 2 is 0.957 bits per heavy atom. The van der Waals surface area contributed by atoms with Crippen LogP contribution >= 0.6 is 11.8 Å². The van der Waals surface area contributed by atoms with Crippen molar-refractivity contribution in [1.29, 1.82) is 0 Å². The molecular formula is C38H73NO6S. The van der Waals surface area contributed by atoms with E-state index in [9.17, 15) is 24.6 Å². The lowest BCUT2D eigenvalue weighted by molar-refractivity contribution is -0.147. The number of carbonyl (C=O) groups excluding carboxylic acids is 2. The lowest BCUT2D eigenvalue weighted by Crippen LogP contribution is -2.44. The number of carboxylic acids is 1. The van der Waals surface area contributed by atoms with Crippen LogP contribution in [0.5, 0.6) is 0 Å². The van der Waals surface area contributed by atoms with E-state index >= 15 is 0 Å². The number of ether oxygens (including phenoxy) is 1. The number of rotatable bonds is 35. The third kappa shape index (κ3) is 31.3. The number of amides is 1. The normalized spacial score (nSPS) is 13.3. The molecular weight excluding hydrogens is 598 g/mol. The van der Waals surface area contributed by atoms with Crippen LogP contribution < -0.4 is 5.32 Å². The van der Waals surface area contributed by atoms with Gasteiger partial charge in [-0.15, -0.1) is 11.8 Å². The van der Waals surface area contributed by atoms with Crippen LogP contribution in [-0.2, 0) is 19.1 Å². The van der Waals surface area contributed by atoms with Gasteiger partial charge in [0.1, 0.15) is 17.6 Å². The van der Waals surface area contributed by atoms with E-state index in [-0.39, 0.29) is 24.2 Å². The Bertz CT molecular complexity index is 732. The summed E-state index contributed by atoms with van der Waals surface area (Å²) in [4.78, 5) is 34.8. The topological polar surface area (TPSA) is 113 Å². The van der Waals surface area contributed by atoms with Crippen LogP contribution in [0.2, 0.25) is 0 Å². The molecule has 0 aromatic heterocycles. The predicted molar refractivity (Wildman–Crippen MR) is 194 cm³/mol. The van der Waals surface area contributed by atoms with Gasteiger partial charge in [0, 0.05) is 18.6 Å². The van der Waals surface area contributed by atoms with Crippen molar-refractivity contribution in [2.24, 2.45) is 0 Å². The van der Waals surface area contributed by atoms with E-state index in [0.29, 0.717) is 12.8 Å². The maximum Gasteiger partial charge on any atom is 0.327 e. The Labute approximate surface area is 287 Å².